The zero-order valence-corrected chi connectivity index (χ0v) is 32.3. The Labute approximate surface area is 309 Å². The molecular formula is C39H57ClN4O5S. The van der Waals surface area contributed by atoms with Crippen LogP contribution in [0, 0.1) is 11.8 Å². The van der Waals surface area contributed by atoms with Gasteiger partial charge in [0.25, 0.3) is 5.91 Å². The Balaban J connectivity index is 0.00000276. The number of hydrogen-bond donors (Lipinski definition) is 2. The maximum absolute atomic E-state index is 12.9. The van der Waals surface area contributed by atoms with Crippen LogP contribution < -0.4 is 14.4 Å². The third kappa shape index (κ3) is 10.4. The lowest BCUT2D eigenvalue weighted by Gasteiger charge is -2.43. The van der Waals surface area contributed by atoms with Crippen molar-refractivity contribution in [3.05, 3.63) is 70.3 Å². The molecule has 5 rings (SSSR count). The summed E-state index contributed by atoms with van der Waals surface area (Å²) in [6.45, 7) is 12.3. The predicted molar refractivity (Wildman–Crippen MR) is 205 cm³/mol. The topological polar surface area (TPSA) is 94.6 Å². The maximum Gasteiger partial charge on any atom is 0.264 e. The van der Waals surface area contributed by atoms with E-state index in [2.05, 4.69) is 45.1 Å². The number of benzene rings is 2. The van der Waals surface area contributed by atoms with Crippen LogP contribution >= 0.6 is 23.7 Å². The first kappa shape index (κ1) is 40.0. The second-order valence-corrected chi connectivity index (χ2v) is 14.7. The summed E-state index contributed by atoms with van der Waals surface area (Å²) in [4.78, 5) is 28.6. The van der Waals surface area contributed by atoms with Crippen molar-refractivity contribution in [3.63, 3.8) is 0 Å². The number of nitrogens with zero attached hydrogens (tertiary/aromatic N) is 3. The van der Waals surface area contributed by atoms with Gasteiger partial charge in [-0.15, -0.1) is 0 Å². The molecule has 2 aromatic rings. The molecule has 2 heterocycles. The van der Waals surface area contributed by atoms with E-state index in [1.165, 1.54) is 23.3 Å². The van der Waals surface area contributed by atoms with Crippen molar-refractivity contribution in [1.82, 2.24) is 13.9 Å². The minimum Gasteiger partial charge on any atom is -0.491 e. The highest BCUT2D eigenvalue weighted by atomic mass is 35.5. The largest absolute Gasteiger partial charge is 0.491 e. The fourth-order valence-corrected chi connectivity index (χ4v) is 7.75. The molecule has 3 aliphatic rings. The van der Waals surface area contributed by atoms with Crippen LogP contribution in [0.2, 0.25) is 5.02 Å². The van der Waals surface area contributed by atoms with E-state index in [1.807, 2.05) is 39.1 Å². The summed E-state index contributed by atoms with van der Waals surface area (Å²) in [6.07, 6.45) is 8.99. The van der Waals surface area contributed by atoms with E-state index < -0.39 is 12.0 Å². The molecule has 276 valence electrons. The van der Waals surface area contributed by atoms with E-state index in [0.717, 1.165) is 81.2 Å². The Kier molecular flexibility index (Phi) is 15.8. The first-order valence-corrected chi connectivity index (χ1v) is 19.4. The molecule has 11 heteroatoms. The summed E-state index contributed by atoms with van der Waals surface area (Å²) < 4.78 is 17.4. The SMILES string of the molecule is CC.CCCc1cc(Cl)ccc1C1COc2ccc(C(O)C(=O)NSN3CCC3)cc2N(CC2CCC2C(/C=C/CCN(C)C(C)=O)OC)C1. The van der Waals surface area contributed by atoms with Crippen LogP contribution in [0.3, 0.4) is 0 Å². The molecule has 1 saturated carbocycles. The number of methoxy groups -OCH3 is 1. The van der Waals surface area contributed by atoms with Gasteiger partial charge in [-0.1, -0.05) is 63.1 Å². The lowest BCUT2D eigenvalue weighted by atomic mass is 9.70. The molecule has 9 nitrogen and oxygen atoms in total. The zero-order chi connectivity index (χ0) is 36.2. The number of halogens is 1. The molecule has 50 heavy (non-hydrogen) atoms. The lowest BCUT2D eigenvalue weighted by Crippen LogP contribution is -2.44. The van der Waals surface area contributed by atoms with Crippen LogP contribution in [0.1, 0.15) is 88.5 Å². The number of nitrogens with one attached hydrogen (secondary N) is 1. The van der Waals surface area contributed by atoms with Gasteiger partial charge in [0.1, 0.15) is 5.75 Å². The third-order valence-corrected chi connectivity index (χ3v) is 11.2. The Morgan fingerprint density at radius 1 is 1.20 bits per heavy atom. The second-order valence-electron chi connectivity index (χ2n) is 13.3. The van der Waals surface area contributed by atoms with Crippen LogP contribution in [0.15, 0.2) is 48.6 Å². The fraction of sp³-hybridized carbons (Fsp3) is 0.590. The maximum atomic E-state index is 12.9. The molecule has 0 radical (unpaired) electrons. The Bertz CT molecular complexity index is 1440. The molecule has 2 aliphatic heterocycles. The van der Waals surface area contributed by atoms with E-state index >= 15 is 0 Å². The average molecular weight is 729 g/mol. The molecule has 0 aromatic heterocycles. The minimum absolute atomic E-state index is 0.0157. The highest BCUT2D eigenvalue weighted by Crippen LogP contribution is 2.43. The summed E-state index contributed by atoms with van der Waals surface area (Å²) in [5.74, 6) is 1.23. The molecule has 2 aromatic carbocycles. The lowest BCUT2D eigenvalue weighted by molar-refractivity contribution is -0.128. The normalized spacial score (nSPS) is 21.4. The molecule has 1 aliphatic carbocycles. The number of aliphatic hydroxyl groups is 1. The number of aryl methyl sites for hydroxylation is 1. The van der Waals surface area contributed by atoms with Crippen molar-refractivity contribution in [2.45, 2.75) is 84.3 Å². The molecule has 0 bridgehead atoms. The highest BCUT2D eigenvalue weighted by Gasteiger charge is 2.39. The molecule has 2 amide bonds. The van der Waals surface area contributed by atoms with Gasteiger partial charge in [-0.3, -0.25) is 14.3 Å². The number of carbonyl (C=O) groups excluding carboxylic acids is 2. The number of amides is 2. The smallest absolute Gasteiger partial charge is 0.264 e. The van der Waals surface area contributed by atoms with Crippen molar-refractivity contribution in [2.75, 3.05) is 58.4 Å². The van der Waals surface area contributed by atoms with Crippen molar-refractivity contribution in [3.8, 4) is 5.75 Å². The number of carbonyl (C=O) groups is 2. The third-order valence-electron chi connectivity index (χ3n) is 10.0. The Morgan fingerprint density at radius 3 is 2.62 bits per heavy atom. The molecule has 5 unspecified atom stereocenters. The van der Waals surface area contributed by atoms with Crippen LogP contribution in [0.25, 0.3) is 0 Å². The predicted octanol–water partition coefficient (Wildman–Crippen LogP) is 7.19. The molecule has 2 N–H and O–H groups in total. The fourth-order valence-electron chi connectivity index (χ4n) is 6.78. The Hall–Kier alpha value is -2.76. The summed E-state index contributed by atoms with van der Waals surface area (Å²) in [7, 11) is 3.59. The van der Waals surface area contributed by atoms with Crippen LogP contribution in [0.5, 0.6) is 5.75 Å². The van der Waals surface area contributed by atoms with E-state index in [0.29, 0.717) is 30.6 Å². The van der Waals surface area contributed by atoms with Crippen molar-refractivity contribution >= 4 is 41.2 Å². The monoisotopic (exact) mass is 728 g/mol. The second kappa shape index (κ2) is 19.7. The van der Waals surface area contributed by atoms with Gasteiger partial charge >= 0.3 is 0 Å². The quantitative estimate of drug-likeness (QED) is 0.147. The number of hydrogen-bond acceptors (Lipinski definition) is 8. The summed E-state index contributed by atoms with van der Waals surface area (Å²) >= 11 is 7.70. The van der Waals surface area contributed by atoms with Gasteiger partial charge in [0.15, 0.2) is 6.10 Å². The summed E-state index contributed by atoms with van der Waals surface area (Å²) in [5, 5.41) is 11.8. The van der Waals surface area contributed by atoms with Crippen molar-refractivity contribution < 1.29 is 24.2 Å². The Morgan fingerprint density at radius 2 is 1.98 bits per heavy atom. The first-order valence-electron chi connectivity index (χ1n) is 18.3. The number of rotatable bonds is 15. The summed E-state index contributed by atoms with van der Waals surface area (Å²) in [5.41, 5.74) is 3.93. The highest BCUT2D eigenvalue weighted by molar-refractivity contribution is 7.95. The van der Waals surface area contributed by atoms with Crippen LogP contribution in [-0.4, -0.2) is 85.7 Å². The van der Waals surface area contributed by atoms with Gasteiger partial charge in [-0.25, -0.2) is 4.31 Å². The van der Waals surface area contributed by atoms with Gasteiger partial charge < -0.3 is 24.4 Å². The van der Waals surface area contributed by atoms with Gasteiger partial charge in [-0.05, 0) is 84.9 Å². The first-order chi connectivity index (χ1) is 24.2. The standard InChI is InChI=1S/C37H51ClN4O5S.C2H6/c1-5-9-26-20-30(38)13-15-31(26)29-23-41(22-28-11-14-32(28)34(46-4)10-6-7-17-40(3)25(2)43)33-21-27(12-16-35(33)47-24-29)36(44)37(45)39-48-42-18-8-19-42;1-2/h6,10,12-13,15-16,20-21,28-29,32,34,36,44H,5,7-9,11,14,17-19,22-24H2,1-4H3,(H,39,45);1-2H3/b10-6+;. The number of ether oxygens (including phenoxy) is 2. The molecule has 5 atom stereocenters. The van der Waals surface area contributed by atoms with Gasteiger partial charge in [0.2, 0.25) is 5.91 Å². The van der Waals surface area contributed by atoms with Crippen LogP contribution in [-0.2, 0) is 20.7 Å². The number of anilines is 1. The van der Waals surface area contributed by atoms with Gasteiger partial charge in [-0.2, -0.15) is 0 Å². The molecule has 0 spiro atoms. The van der Waals surface area contributed by atoms with Crippen molar-refractivity contribution in [2.24, 2.45) is 11.8 Å². The number of fused-ring (bicyclic) bond motifs is 1. The van der Waals surface area contributed by atoms with E-state index in [-0.39, 0.29) is 17.9 Å². The van der Waals surface area contributed by atoms with Crippen LogP contribution in [0.4, 0.5) is 5.69 Å². The van der Waals surface area contributed by atoms with Crippen molar-refractivity contribution in [1.29, 1.82) is 0 Å². The zero-order valence-electron chi connectivity index (χ0n) is 30.7. The van der Waals surface area contributed by atoms with E-state index in [9.17, 15) is 14.7 Å². The molecule has 1 saturated heterocycles. The molecule has 2 fully saturated rings. The summed E-state index contributed by atoms with van der Waals surface area (Å²) in [6, 6.07) is 11.8. The van der Waals surface area contributed by atoms with Gasteiger partial charge in [0, 0.05) is 76.9 Å². The molecular weight excluding hydrogens is 672 g/mol. The van der Waals surface area contributed by atoms with E-state index in [1.54, 1.807) is 25.0 Å². The van der Waals surface area contributed by atoms with Gasteiger partial charge in [0.05, 0.1) is 18.4 Å². The average Bonchev–Trinajstić information content (AvgIpc) is 3.26. The minimum atomic E-state index is -1.29. The number of aliphatic hydroxyl groups excluding tert-OH is 1. The van der Waals surface area contributed by atoms with E-state index in [4.69, 9.17) is 21.1 Å².